The fourth-order valence-electron chi connectivity index (χ4n) is 1.08. The minimum atomic E-state index is -1.11. The van der Waals surface area contributed by atoms with E-state index >= 15 is 0 Å². The summed E-state index contributed by atoms with van der Waals surface area (Å²) in [7, 11) is 0. The Kier molecular flexibility index (Phi) is 2.80. The van der Waals surface area contributed by atoms with E-state index in [9.17, 15) is 0 Å². The summed E-state index contributed by atoms with van der Waals surface area (Å²) in [6, 6.07) is 0. The monoisotopic (exact) mass is 164 g/mol. The summed E-state index contributed by atoms with van der Waals surface area (Å²) in [5.41, 5.74) is 0. The molecule has 0 aromatic rings. The normalized spacial score (nSPS) is 45.8. The summed E-state index contributed by atoms with van der Waals surface area (Å²) in [5.74, 6) is 0. The number of hydrogen-bond donors (Lipinski definition) is 4. The lowest BCUT2D eigenvalue weighted by Gasteiger charge is -2.33. The lowest BCUT2D eigenvalue weighted by Crippen LogP contribution is -2.49. The molecule has 5 nitrogen and oxygen atoms in total. The zero-order chi connectivity index (χ0) is 8.43. The number of hydrogen-bond acceptors (Lipinski definition) is 5. The second-order valence-electron chi connectivity index (χ2n) is 2.61. The first-order valence-corrected chi connectivity index (χ1v) is 3.45. The van der Waals surface area contributed by atoms with Crippen molar-refractivity contribution in [2.45, 2.75) is 31.0 Å². The van der Waals surface area contributed by atoms with E-state index in [0.717, 1.165) is 0 Å². The zero-order valence-electron chi connectivity index (χ0n) is 5.92. The van der Waals surface area contributed by atoms with E-state index in [1.54, 1.807) is 0 Å². The van der Waals surface area contributed by atoms with Crippen LogP contribution < -0.4 is 0 Å². The highest BCUT2D eigenvalue weighted by atomic mass is 16.6. The van der Waals surface area contributed by atoms with Gasteiger partial charge in [-0.1, -0.05) is 0 Å². The van der Waals surface area contributed by atoms with Crippen molar-refractivity contribution in [3.63, 3.8) is 0 Å². The molecule has 0 radical (unpaired) electrons. The van der Waals surface area contributed by atoms with Crippen LogP contribution in [0.2, 0.25) is 0 Å². The molecule has 1 aliphatic heterocycles. The topological polar surface area (TPSA) is 90.2 Å². The van der Waals surface area contributed by atoms with Crippen molar-refractivity contribution in [2.75, 3.05) is 6.61 Å². The summed E-state index contributed by atoms with van der Waals surface area (Å²) >= 11 is 0. The Hall–Kier alpha value is -0.200. The van der Waals surface area contributed by atoms with Crippen LogP contribution in [0.3, 0.4) is 0 Å². The molecule has 0 spiro atoms. The smallest absolute Gasteiger partial charge is 0.157 e. The molecule has 0 bridgehead atoms. The maximum absolute atomic E-state index is 9.11. The summed E-state index contributed by atoms with van der Waals surface area (Å²) in [6.45, 7) is -0.407. The van der Waals surface area contributed by atoms with Crippen LogP contribution >= 0.6 is 0 Å². The first-order chi connectivity index (χ1) is 5.15. The lowest BCUT2D eigenvalue weighted by atomic mass is 10.0. The van der Waals surface area contributed by atoms with Crippen LogP contribution in [0.5, 0.6) is 0 Å². The minimum absolute atomic E-state index is 0.0162. The third-order valence-electron chi connectivity index (χ3n) is 1.73. The maximum Gasteiger partial charge on any atom is 0.157 e. The Labute approximate surface area is 63.8 Å². The predicted octanol–water partition coefficient (Wildman–Crippen LogP) is -2.19. The zero-order valence-corrected chi connectivity index (χ0v) is 5.92. The molecule has 11 heavy (non-hydrogen) atoms. The van der Waals surface area contributed by atoms with E-state index in [1.807, 2.05) is 0 Å². The van der Waals surface area contributed by atoms with Gasteiger partial charge in [0, 0.05) is 6.42 Å². The van der Waals surface area contributed by atoms with E-state index < -0.39 is 31.2 Å². The van der Waals surface area contributed by atoms with E-state index in [1.165, 1.54) is 0 Å². The quantitative estimate of drug-likeness (QED) is 0.353. The van der Waals surface area contributed by atoms with Gasteiger partial charge in [-0.3, -0.25) is 0 Å². The highest BCUT2D eigenvalue weighted by Crippen LogP contribution is 2.18. The Morgan fingerprint density at radius 3 is 2.45 bits per heavy atom. The summed E-state index contributed by atoms with van der Waals surface area (Å²) < 4.78 is 4.71. The minimum Gasteiger partial charge on any atom is -0.394 e. The molecule has 0 amide bonds. The number of ether oxygens (including phenoxy) is 1. The van der Waals surface area contributed by atoms with Gasteiger partial charge in [0.05, 0.1) is 12.7 Å². The fourth-order valence-corrected chi connectivity index (χ4v) is 1.08. The molecule has 0 aliphatic carbocycles. The first-order valence-electron chi connectivity index (χ1n) is 3.45. The first kappa shape index (κ1) is 8.89. The molecular weight excluding hydrogens is 152 g/mol. The molecule has 0 saturated carbocycles. The highest BCUT2D eigenvalue weighted by Gasteiger charge is 2.35. The average molecular weight is 164 g/mol. The highest BCUT2D eigenvalue weighted by molar-refractivity contribution is 4.81. The van der Waals surface area contributed by atoms with Crippen molar-refractivity contribution in [1.29, 1.82) is 0 Å². The molecule has 5 heteroatoms. The van der Waals surface area contributed by atoms with Gasteiger partial charge in [0.1, 0.15) is 12.2 Å². The van der Waals surface area contributed by atoms with Crippen LogP contribution in [-0.2, 0) is 4.74 Å². The van der Waals surface area contributed by atoms with Crippen LogP contribution in [0.1, 0.15) is 6.42 Å². The van der Waals surface area contributed by atoms with Crippen molar-refractivity contribution in [3.8, 4) is 0 Å². The summed E-state index contributed by atoms with van der Waals surface area (Å²) in [4.78, 5) is 0. The van der Waals surface area contributed by atoms with Crippen molar-refractivity contribution in [1.82, 2.24) is 0 Å². The van der Waals surface area contributed by atoms with Gasteiger partial charge in [0.2, 0.25) is 0 Å². The lowest BCUT2D eigenvalue weighted by molar-refractivity contribution is -0.239. The largest absolute Gasteiger partial charge is 0.394 e. The molecule has 1 aliphatic rings. The molecule has 0 aromatic carbocycles. The number of aliphatic hydroxyl groups excluding tert-OH is 4. The van der Waals surface area contributed by atoms with Crippen molar-refractivity contribution in [3.05, 3.63) is 0 Å². The molecule has 1 heterocycles. The van der Waals surface area contributed by atoms with E-state index in [2.05, 4.69) is 0 Å². The van der Waals surface area contributed by atoms with Crippen LogP contribution in [0, 0.1) is 0 Å². The van der Waals surface area contributed by atoms with Crippen molar-refractivity contribution >= 4 is 0 Å². The van der Waals surface area contributed by atoms with Gasteiger partial charge in [-0.25, -0.2) is 0 Å². The molecule has 66 valence electrons. The second kappa shape index (κ2) is 3.46. The van der Waals surface area contributed by atoms with Crippen LogP contribution in [-0.4, -0.2) is 51.6 Å². The summed E-state index contributed by atoms with van der Waals surface area (Å²) in [6.07, 6.45) is -4.11. The predicted molar refractivity (Wildman–Crippen MR) is 34.6 cm³/mol. The van der Waals surface area contributed by atoms with E-state index in [-0.39, 0.29) is 6.42 Å². The standard InChI is InChI=1S/C6H12O5/c7-2-4-6(10)3(8)1-5(9)11-4/h3-10H,1-2H2/t3-,4?,5-,6-/m1/s1. The molecular formula is C6H12O5. The Bertz CT molecular complexity index is 128. The third-order valence-corrected chi connectivity index (χ3v) is 1.73. The third kappa shape index (κ3) is 1.88. The van der Waals surface area contributed by atoms with Gasteiger partial charge in [0.15, 0.2) is 6.29 Å². The Morgan fingerprint density at radius 1 is 1.27 bits per heavy atom. The molecule has 1 saturated heterocycles. The van der Waals surface area contributed by atoms with E-state index in [4.69, 9.17) is 25.2 Å². The maximum atomic E-state index is 9.11. The van der Waals surface area contributed by atoms with Crippen molar-refractivity contribution in [2.24, 2.45) is 0 Å². The Balaban J connectivity index is 2.51. The van der Waals surface area contributed by atoms with Gasteiger partial charge >= 0.3 is 0 Å². The van der Waals surface area contributed by atoms with Crippen LogP contribution in [0.15, 0.2) is 0 Å². The number of aliphatic hydroxyl groups is 4. The van der Waals surface area contributed by atoms with Crippen LogP contribution in [0.25, 0.3) is 0 Å². The average Bonchev–Trinajstić information content (AvgIpc) is 1.96. The summed E-state index contributed by atoms with van der Waals surface area (Å²) in [5, 5.41) is 35.6. The Morgan fingerprint density at radius 2 is 1.91 bits per heavy atom. The molecule has 4 N–H and O–H groups in total. The van der Waals surface area contributed by atoms with Gasteiger partial charge < -0.3 is 25.2 Å². The molecule has 1 fully saturated rings. The van der Waals surface area contributed by atoms with E-state index in [0.29, 0.717) is 0 Å². The fraction of sp³-hybridized carbons (Fsp3) is 1.00. The molecule has 1 rings (SSSR count). The van der Waals surface area contributed by atoms with Gasteiger partial charge in [0.25, 0.3) is 0 Å². The SMILES string of the molecule is OCC1O[C@@H](O)C[C@@H](O)[C@H]1O. The molecule has 0 aromatic heterocycles. The van der Waals surface area contributed by atoms with Crippen molar-refractivity contribution < 1.29 is 25.2 Å². The van der Waals surface area contributed by atoms with Crippen LogP contribution in [0.4, 0.5) is 0 Å². The van der Waals surface area contributed by atoms with Gasteiger partial charge in [-0.05, 0) is 0 Å². The second-order valence-corrected chi connectivity index (χ2v) is 2.61. The van der Waals surface area contributed by atoms with Gasteiger partial charge in [-0.2, -0.15) is 0 Å². The molecule has 1 unspecified atom stereocenters. The number of rotatable bonds is 1. The molecule has 4 atom stereocenters. The van der Waals surface area contributed by atoms with Gasteiger partial charge in [-0.15, -0.1) is 0 Å².